The van der Waals surface area contributed by atoms with Crippen molar-refractivity contribution in [1.29, 1.82) is 0 Å². The van der Waals surface area contributed by atoms with Crippen molar-refractivity contribution in [2.24, 2.45) is 0 Å². The number of carbonyl (C=O) groups excluding carboxylic acids is 2. The molecule has 1 fully saturated rings. The van der Waals surface area contributed by atoms with Crippen LogP contribution in [0.5, 0.6) is 0 Å². The molecule has 9 N–H and O–H groups in total. The van der Waals surface area contributed by atoms with Gasteiger partial charge in [0.15, 0.2) is 6.29 Å². The van der Waals surface area contributed by atoms with E-state index in [1.54, 1.807) is 0 Å². The Balaban J connectivity index is 3.14. The van der Waals surface area contributed by atoms with Gasteiger partial charge in [0.05, 0.1) is 25.9 Å². The van der Waals surface area contributed by atoms with E-state index in [0.717, 1.165) is 13.8 Å². The first-order valence-corrected chi connectivity index (χ1v) is 8.97. The van der Waals surface area contributed by atoms with Gasteiger partial charge in [-0.05, 0) is 0 Å². The number of ether oxygens (including phenoxy) is 2. The second-order valence-corrected chi connectivity index (χ2v) is 6.76. The summed E-state index contributed by atoms with van der Waals surface area (Å²) in [7, 11) is 0. The topological polar surface area (TPSA) is 218 Å². The second kappa shape index (κ2) is 11.7. The molecular formula is C16H30N2O11. The lowest BCUT2D eigenvalue weighted by molar-refractivity contribution is -0.299. The highest BCUT2D eigenvalue weighted by molar-refractivity contribution is 5.73. The number of aliphatic hydroxyl groups is 7. The molecule has 1 saturated heterocycles. The van der Waals surface area contributed by atoms with E-state index in [-0.39, 0.29) is 0 Å². The third kappa shape index (κ3) is 6.80. The lowest BCUT2D eigenvalue weighted by Gasteiger charge is -2.44. The fourth-order valence-corrected chi connectivity index (χ4v) is 2.97. The maximum atomic E-state index is 11.5. The highest BCUT2D eigenvalue weighted by Crippen LogP contribution is 2.25. The number of carbonyl (C=O) groups is 2. The molecular weight excluding hydrogens is 396 g/mol. The lowest BCUT2D eigenvalue weighted by Crippen LogP contribution is -2.66. The number of aliphatic hydroxyl groups excluding tert-OH is 7. The summed E-state index contributed by atoms with van der Waals surface area (Å²) in [6.07, 6.45) is -11.2. The highest BCUT2D eigenvalue weighted by Gasteiger charge is 2.48. The van der Waals surface area contributed by atoms with Crippen molar-refractivity contribution >= 4 is 11.8 Å². The molecule has 1 heterocycles. The molecule has 0 aliphatic carbocycles. The molecule has 170 valence electrons. The van der Waals surface area contributed by atoms with Crippen molar-refractivity contribution in [3.8, 4) is 0 Å². The minimum absolute atomic E-state index is 0.593. The summed E-state index contributed by atoms with van der Waals surface area (Å²) in [5.74, 6) is -1.21. The minimum Gasteiger partial charge on any atom is -0.394 e. The van der Waals surface area contributed by atoms with Crippen LogP contribution in [-0.4, -0.2) is 122 Å². The van der Waals surface area contributed by atoms with Gasteiger partial charge in [0.2, 0.25) is 11.8 Å². The minimum atomic E-state index is -1.75. The molecule has 0 radical (unpaired) electrons. The first-order chi connectivity index (χ1) is 13.6. The SMILES string of the molecule is CC(=O)N[C@H]1[C@H](O[C@@H]([C@H](O)[C@H](CO)NC(C)=O)[C@H](O)CO)O[C@H](CO)[C@@H](O)[C@@H]1O. The second-order valence-electron chi connectivity index (χ2n) is 6.76. The monoisotopic (exact) mass is 426 g/mol. The first-order valence-electron chi connectivity index (χ1n) is 8.97. The van der Waals surface area contributed by atoms with E-state index in [0.29, 0.717) is 0 Å². The predicted molar refractivity (Wildman–Crippen MR) is 94.0 cm³/mol. The van der Waals surface area contributed by atoms with Crippen molar-refractivity contribution < 1.29 is 54.8 Å². The Kier molecular flexibility index (Phi) is 10.3. The van der Waals surface area contributed by atoms with Crippen molar-refractivity contribution in [1.82, 2.24) is 10.6 Å². The van der Waals surface area contributed by atoms with Crippen LogP contribution in [0, 0.1) is 0 Å². The van der Waals surface area contributed by atoms with E-state index in [2.05, 4.69) is 10.6 Å². The quantitative estimate of drug-likeness (QED) is 0.160. The number of rotatable bonds is 10. The van der Waals surface area contributed by atoms with E-state index in [9.17, 15) is 45.3 Å². The van der Waals surface area contributed by atoms with Gasteiger partial charge in [-0.25, -0.2) is 0 Å². The van der Waals surface area contributed by atoms with Crippen molar-refractivity contribution in [2.75, 3.05) is 19.8 Å². The molecule has 0 unspecified atom stereocenters. The zero-order chi connectivity index (χ0) is 22.3. The van der Waals surface area contributed by atoms with E-state index < -0.39 is 86.6 Å². The van der Waals surface area contributed by atoms with Gasteiger partial charge in [0, 0.05) is 13.8 Å². The molecule has 13 nitrogen and oxygen atoms in total. The van der Waals surface area contributed by atoms with Gasteiger partial charge in [-0.15, -0.1) is 0 Å². The normalized spacial score (nSPS) is 31.4. The Morgan fingerprint density at radius 1 is 1.03 bits per heavy atom. The fraction of sp³-hybridized carbons (Fsp3) is 0.875. The highest BCUT2D eigenvalue weighted by atomic mass is 16.7. The molecule has 13 heteroatoms. The average molecular weight is 426 g/mol. The molecule has 0 bridgehead atoms. The molecule has 1 rings (SSSR count). The summed E-state index contributed by atoms with van der Waals surface area (Å²) >= 11 is 0. The maximum absolute atomic E-state index is 11.5. The average Bonchev–Trinajstić information content (AvgIpc) is 2.67. The van der Waals surface area contributed by atoms with E-state index in [1.807, 2.05) is 0 Å². The lowest BCUT2D eigenvalue weighted by atomic mass is 9.96. The van der Waals surface area contributed by atoms with Crippen molar-refractivity contribution in [3.63, 3.8) is 0 Å². The van der Waals surface area contributed by atoms with Crippen molar-refractivity contribution in [2.45, 2.75) is 68.8 Å². The number of amides is 2. The Labute approximate surface area is 166 Å². The summed E-state index contributed by atoms with van der Waals surface area (Å²) in [5, 5.41) is 73.4. The van der Waals surface area contributed by atoms with E-state index in [4.69, 9.17) is 9.47 Å². The summed E-state index contributed by atoms with van der Waals surface area (Å²) in [5.41, 5.74) is 0. The van der Waals surface area contributed by atoms with Gasteiger partial charge in [-0.3, -0.25) is 9.59 Å². The third-order valence-corrected chi connectivity index (χ3v) is 4.44. The molecule has 0 spiro atoms. The molecule has 2 amide bonds. The van der Waals surface area contributed by atoms with Crippen LogP contribution in [0.4, 0.5) is 0 Å². The molecule has 0 aromatic heterocycles. The van der Waals surface area contributed by atoms with Crippen LogP contribution in [0.15, 0.2) is 0 Å². The van der Waals surface area contributed by atoms with Crippen LogP contribution in [-0.2, 0) is 19.1 Å². The van der Waals surface area contributed by atoms with Crippen molar-refractivity contribution in [3.05, 3.63) is 0 Å². The van der Waals surface area contributed by atoms with Gasteiger partial charge in [0.25, 0.3) is 0 Å². The Morgan fingerprint density at radius 2 is 1.66 bits per heavy atom. The smallest absolute Gasteiger partial charge is 0.217 e. The predicted octanol–water partition coefficient (Wildman–Crippen LogP) is -5.47. The van der Waals surface area contributed by atoms with Crippen LogP contribution in [0.25, 0.3) is 0 Å². The number of nitrogens with one attached hydrogen (secondary N) is 2. The molecule has 9 atom stereocenters. The summed E-state index contributed by atoms with van der Waals surface area (Å²) < 4.78 is 10.8. The van der Waals surface area contributed by atoms with Gasteiger partial charge in [0.1, 0.15) is 42.7 Å². The van der Waals surface area contributed by atoms with Crippen LogP contribution in [0.1, 0.15) is 13.8 Å². The summed E-state index contributed by atoms with van der Waals surface area (Å²) in [6.45, 7) is -0.0754. The Hall–Kier alpha value is -1.42. The fourth-order valence-electron chi connectivity index (χ4n) is 2.97. The molecule has 29 heavy (non-hydrogen) atoms. The molecule has 1 aliphatic heterocycles. The van der Waals surface area contributed by atoms with Gasteiger partial charge >= 0.3 is 0 Å². The molecule has 0 aromatic rings. The molecule has 1 aliphatic rings. The Morgan fingerprint density at radius 3 is 2.10 bits per heavy atom. The number of hydrogen-bond acceptors (Lipinski definition) is 11. The molecule has 0 aromatic carbocycles. The third-order valence-electron chi connectivity index (χ3n) is 4.44. The Bertz CT molecular complexity index is 537. The summed E-state index contributed by atoms with van der Waals surface area (Å²) in [6, 6.07) is -2.65. The van der Waals surface area contributed by atoms with Crippen LogP contribution >= 0.6 is 0 Å². The van der Waals surface area contributed by atoms with Gasteiger partial charge in [-0.2, -0.15) is 0 Å². The van der Waals surface area contributed by atoms with Gasteiger partial charge in [-0.1, -0.05) is 0 Å². The largest absolute Gasteiger partial charge is 0.394 e. The van der Waals surface area contributed by atoms with E-state index in [1.165, 1.54) is 0 Å². The molecule has 0 saturated carbocycles. The van der Waals surface area contributed by atoms with Crippen LogP contribution in [0.2, 0.25) is 0 Å². The first kappa shape index (κ1) is 25.6. The standard InChI is InChI=1S/C16H30N2O11/c1-6(22)17-8(3-19)12(25)15(9(24)4-20)29-16-11(18-7(2)23)14(27)13(26)10(5-21)28-16/h8-16,19-21,24-27H,3-5H2,1-2H3,(H,17,22)(H,18,23)/t8-,9+,10+,11+,12+,13+,14+,15+,16-/m0/s1. The zero-order valence-electron chi connectivity index (χ0n) is 16.1. The van der Waals surface area contributed by atoms with Crippen LogP contribution in [0.3, 0.4) is 0 Å². The summed E-state index contributed by atoms with van der Waals surface area (Å²) in [4.78, 5) is 22.7. The maximum Gasteiger partial charge on any atom is 0.217 e. The number of hydrogen-bond donors (Lipinski definition) is 9. The van der Waals surface area contributed by atoms with Gasteiger partial charge < -0.3 is 55.9 Å². The van der Waals surface area contributed by atoms with Crippen LogP contribution < -0.4 is 10.6 Å². The zero-order valence-corrected chi connectivity index (χ0v) is 16.1. The van der Waals surface area contributed by atoms with E-state index >= 15 is 0 Å².